The van der Waals surface area contributed by atoms with Crippen LogP contribution in [0.5, 0.6) is 5.75 Å². The molecule has 9 nitrogen and oxygen atoms in total. The Morgan fingerprint density at radius 3 is 2.00 bits per heavy atom. The van der Waals surface area contributed by atoms with Gasteiger partial charge in [0.25, 0.3) is 10.1 Å². The van der Waals surface area contributed by atoms with Crippen molar-refractivity contribution in [3.8, 4) is 5.75 Å². The second kappa shape index (κ2) is 9.84. The lowest BCUT2D eigenvalue weighted by Crippen LogP contribution is -1.97. The monoisotopic (exact) mass is 547 g/mol. The largest absolute Gasteiger partial charge is 0.506 e. The Morgan fingerprint density at radius 1 is 0.600 bits per heavy atom. The molecule has 0 aliphatic heterocycles. The highest BCUT2D eigenvalue weighted by atomic mass is 32.2. The van der Waals surface area contributed by atoms with Crippen molar-refractivity contribution in [3.63, 3.8) is 0 Å². The first-order valence-electron chi connectivity index (χ1n) is 12.1. The van der Waals surface area contributed by atoms with Crippen molar-refractivity contribution in [3.05, 3.63) is 103 Å². The minimum absolute atomic E-state index is 0.00401. The van der Waals surface area contributed by atoms with Gasteiger partial charge in [0.2, 0.25) is 0 Å². The number of nitrogen functional groups attached to an aromatic ring is 1. The number of hydrogen-bond donors (Lipinski definition) is 3. The molecule has 0 aliphatic carbocycles. The normalized spacial score (nSPS) is 12.3. The molecule has 0 heterocycles. The van der Waals surface area contributed by atoms with E-state index in [9.17, 15) is 18.1 Å². The van der Waals surface area contributed by atoms with Gasteiger partial charge >= 0.3 is 0 Å². The Labute approximate surface area is 228 Å². The van der Waals surface area contributed by atoms with Crippen molar-refractivity contribution < 1.29 is 18.1 Å². The molecule has 0 radical (unpaired) electrons. The van der Waals surface area contributed by atoms with Gasteiger partial charge in [0, 0.05) is 27.2 Å². The first kappa shape index (κ1) is 25.1. The third kappa shape index (κ3) is 4.73. The van der Waals surface area contributed by atoms with Crippen LogP contribution in [0.3, 0.4) is 0 Å². The Bertz CT molecular complexity index is 2130. The van der Waals surface area contributed by atoms with Crippen LogP contribution in [0.1, 0.15) is 0 Å². The van der Waals surface area contributed by atoms with Gasteiger partial charge < -0.3 is 10.8 Å². The van der Waals surface area contributed by atoms with Crippen LogP contribution in [-0.4, -0.2) is 18.1 Å². The van der Waals surface area contributed by atoms with E-state index in [-0.39, 0.29) is 10.6 Å². The lowest BCUT2D eigenvalue weighted by atomic mass is 10.1. The molecule has 40 heavy (non-hydrogen) atoms. The number of anilines is 1. The smallest absolute Gasteiger partial charge is 0.294 e. The van der Waals surface area contributed by atoms with Gasteiger partial charge in [-0.3, -0.25) is 4.55 Å². The molecule has 6 aromatic carbocycles. The van der Waals surface area contributed by atoms with E-state index < -0.39 is 10.1 Å². The highest BCUT2D eigenvalue weighted by Crippen LogP contribution is 2.40. The van der Waals surface area contributed by atoms with Gasteiger partial charge in [0.1, 0.15) is 11.4 Å². The van der Waals surface area contributed by atoms with E-state index in [1.807, 2.05) is 30.3 Å². The molecule has 6 aromatic rings. The summed E-state index contributed by atoms with van der Waals surface area (Å²) in [5.74, 6) is -0.00401. The first-order chi connectivity index (χ1) is 19.3. The molecule has 10 heteroatoms. The van der Waals surface area contributed by atoms with E-state index in [2.05, 4.69) is 20.5 Å². The van der Waals surface area contributed by atoms with Crippen molar-refractivity contribution in [2.45, 2.75) is 4.90 Å². The molecule has 0 unspecified atom stereocenters. The Morgan fingerprint density at radius 2 is 1.27 bits per heavy atom. The van der Waals surface area contributed by atoms with E-state index in [4.69, 9.17) is 5.73 Å². The van der Waals surface area contributed by atoms with Gasteiger partial charge in [0.05, 0.1) is 22.0 Å². The van der Waals surface area contributed by atoms with Crippen LogP contribution < -0.4 is 5.73 Å². The zero-order valence-electron chi connectivity index (χ0n) is 20.8. The zero-order chi connectivity index (χ0) is 27.9. The van der Waals surface area contributed by atoms with Crippen molar-refractivity contribution in [2.75, 3.05) is 5.73 Å². The van der Waals surface area contributed by atoms with E-state index in [1.54, 1.807) is 60.7 Å². The fourth-order valence-electron chi connectivity index (χ4n) is 4.55. The van der Waals surface area contributed by atoms with E-state index in [0.717, 1.165) is 21.5 Å². The lowest BCUT2D eigenvalue weighted by Gasteiger charge is -2.07. The van der Waals surface area contributed by atoms with Crippen molar-refractivity contribution in [1.82, 2.24) is 0 Å². The molecular formula is C30H21N5O4S. The maximum atomic E-state index is 11.5. The summed E-state index contributed by atoms with van der Waals surface area (Å²) in [7, 11) is -4.32. The Hall–Kier alpha value is -5.19. The van der Waals surface area contributed by atoms with Crippen LogP contribution in [0.2, 0.25) is 0 Å². The van der Waals surface area contributed by atoms with Crippen molar-refractivity contribution in [2.24, 2.45) is 20.5 Å². The molecule has 196 valence electrons. The number of aromatic hydroxyl groups is 1. The average Bonchev–Trinajstić information content (AvgIpc) is 2.95. The molecule has 0 amide bonds. The summed E-state index contributed by atoms with van der Waals surface area (Å²) in [5.41, 5.74) is 8.69. The lowest BCUT2D eigenvalue weighted by molar-refractivity contribution is 0.477. The van der Waals surface area contributed by atoms with Gasteiger partial charge in [0.15, 0.2) is 0 Å². The number of phenols is 1. The predicted octanol–water partition coefficient (Wildman–Crippen LogP) is 8.51. The summed E-state index contributed by atoms with van der Waals surface area (Å²) in [6.07, 6.45) is 0. The van der Waals surface area contributed by atoms with Crippen LogP contribution in [0.15, 0.2) is 128 Å². The molecule has 0 spiro atoms. The number of hydrogen-bond acceptors (Lipinski definition) is 8. The van der Waals surface area contributed by atoms with Gasteiger partial charge in [-0.15, -0.1) is 15.3 Å². The number of phenolic OH excluding ortho intramolecular Hbond substituents is 1. The standard InChI is InChI=1S/C30H21N5O4S/c31-26-7-3-6-25-22(26)12-15-29(36)30(25)35-34-28-14-13-27(23-4-1-2-5-24(23)28)33-32-20-10-8-18-9-11-21(40(37,38)39)17-19(18)16-20/h1-17,36H,31H2,(H,37,38,39). The average molecular weight is 548 g/mol. The fraction of sp³-hybridized carbons (Fsp3) is 0. The summed E-state index contributed by atoms with van der Waals surface area (Å²) in [6, 6.07) is 29.5. The number of rotatable bonds is 5. The summed E-state index contributed by atoms with van der Waals surface area (Å²) in [5, 5.41) is 32.5. The molecule has 0 saturated heterocycles. The van der Waals surface area contributed by atoms with Crippen LogP contribution in [0, 0.1) is 0 Å². The van der Waals surface area contributed by atoms with Crippen LogP contribution in [0.25, 0.3) is 32.3 Å². The minimum Gasteiger partial charge on any atom is -0.506 e. The second-order valence-electron chi connectivity index (χ2n) is 9.09. The molecule has 0 bridgehead atoms. The molecule has 0 saturated carbocycles. The van der Waals surface area contributed by atoms with Crippen LogP contribution >= 0.6 is 0 Å². The van der Waals surface area contributed by atoms with Gasteiger partial charge in [-0.25, -0.2) is 0 Å². The quantitative estimate of drug-likeness (QED) is 0.112. The van der Waals surface area contributed by atoms with E-state index in [1.165, 1.54) is 12.1 Å². The molecule has 0 aliphatic rings. The summed E-state index contributed by atoms with van der Waals surface area (Å²) < 4.78 is 32.4. The minimum atomic E-state index is -4.32. The molecule has 6 rings (SSSR count). The highest BCUT2D eigenvalue weighted by molar-refractivity contribution is 7.85. The Kier molecular flexibility index (Phi) is 6.18. The number of azo groups is 2. The van der Waals surface area contributed by atoms with E-state index >= 15 is 0 Å². The number of benzene rings is 6. The van der Waals surface area contributed by atoms with Crippen LogP contribution in [0.4, 0.5) is 28.4 Å². The topological polar surface area (TPSA) is 150 Å². The summed E-state index contributed by atoms with van der Waals surface area (Å²) >= 11 is 0. The zero-order valence-corrected chi connectivity index (χ0v) is 21.6. The number of nitrogens with zero attached hydrogens (tertiary/aromatic N) is 4. The fourth-order valence-corrected chi connectivity index (χ4v) is 5.07. The van der Waals surface area contributed by atoms with Gasteiger partial charge in [-0.2, -0.15) is 13.5 Å². The van der Waals surface area contributed by atoms with Crippen LogP contribution in [-0.2, 0) is 10.1 Å². The molecule has 0 fully saturated rings. The summed E-state index contributed by atoms with van der Waals surface area (Å²) in [6.45, 7) is 0. The highest BCUT2D eigenvalue weighted by Gasteiger charge is 2.11. The third-order valence-corrected chi connectivity index (χ3v) is 7.40. The second-order valence-corrected chi connectivity index (χ2v) is 10.5. The predicted molar refractivity (Wildman–Crippen MR) is 156 cm³/mol. The van der Waals surface area contributed by atoms with Gasteiger partial charge in [-0.05, 0) is 65.4 Å². The van der Waals surface area contributed by atoms with Crippen molar-refractivity contribution in [1.29, 1.82) is 0 Å². The first-order valence-corrected chi connectivity index (χ1v) is 13.6. The molecule has 4 N–H and O–H groups in total. The van der Waals surface area contributed by atoms with E-state index in [0.29, 0.717) is 39.2 Å². The third-order valence-electron chi connectivity index (χ3n) is 6.55. The maximum absolute atomic E-state index is 11.5. The number of fused-ring (bicyclic) bond motifs is 3. The molecular weight excluding hydrogens is 526 g/mol. The SMILES string of the molecule is Nc1cccc2c(N=Nc3ccc(N=Nc4ccc5ccc(S(=O)(=O)O)cc5c4)c4ccccc34)c(O)ccc12. The molecule has 0 atom stereocenters. The van der Waals surface area contributed by atoms with Gasteiger partial charge in [-0.1, -0.05) is 48.5 Å². The summed E-state index contributed by atoms with van der Waals surface area (Å²) in [4.78, 5) is -0.190. The Balaban J connectivity index is 1.37. The maximum Gasteiger partial charge on any atom is 0.294 e. The van der Waals surface area contributed by atoms with Crippen molar-refractivity contribution >= 4 is 70.9 Å². The molecule has 0 aromatic heterocycles. The number of nitrogens with two attached hydrogens (primary N) is 1.